The fraction of sp³-hybridized carbons (Fsp3) is 0.130. The average Bonchev–Trinajstić information content (AvgIpc) is 3.52. The van der Waals surface area contributed by atoms with Crippen LogP contribution in [0, 0.1) is 6.92 Å². The first-order valence-corrected chi connectivity index (χ1v) is 9.85. The number of carbonyl (C=O) groups excluding carboxylic acids is 1. The smallest absolute Gasteiger partial charge is 0.256 e. The quantitative estimate of drug-likeness (QED) is 0.471. The lowest BCUT2D eigenvalue weighted by atomic mass is 10.1. The summed E-state index contributed by atoms with van der Waals surface area (Å²) in [5, 5.41) is 12.5. The molecule has 0 fully saturated rings. The van der Waals surface area contributed by atoms with Crippen LogP contribution in [-0.4, -0.2) is 30.5 Å². The number of anilines is 1. The Kier molecular flexibility index (Phi) is 4.59. The van der Waals surface area contributed by atoms with Crippen molar-refractivity contribution < 1.29 is 9.21 Å². The highest BCUT2D eigenvalue weighted by molar-refractivity contribution is 6.13. The van der Waals surface area contributed by atoms with Crippen LogP contribution in [0.4, 0.5) is 5.69 Å². The summed E-state index contributed by atoms with van der Waals surface area (Å²) in [5.74, 6) is 0.359. The number of rotatable bonds is 5. The maximum atomic E-state index is 13.4. The van der Waals surface area contributed by atoms with Gasteiger partial charge in [0, 0.05) is 25.1 Å². The first kappa shape index (κ1) is 18.8. The maximum absolute atomic E-state index is 13.4. The molecule has 0 aliphatic rings. The second kappa shape index (κ2) is 7.56. The minimum absolute atomic E-state index is 0.232. The van der Waals surface area contributed by atoms with Crippen molar-refractivity contribution in [3.8, 4) is 11.5 Å². The molecule has 5 aromatic rings. The van der Waals surface area contributed by atoms with Crippen LogP contribution in [0.5, 0.6) is 0 Å². The second-order valence-electron chi connectivity index (χ2n) is 7.25. The molecule has 1 aromatic carbocycles. The SMILES string of the molecule is Cc1nn(C)c2nc(-c3ccco3)cc(C(=O)Nc3ccccc3Cn3cccn3)c12. The normalized spacial score (nSPS) is 11.2. The topological polar surface area (TPSA) is 90.8 Å². The lowest BCUT2D eigenvalue weighted by molar-refractivity contribution is 0.102. The van der Waals surface area contributed by atoms with Gasteiger partial charge in [-0.05, 0) is 42.8 Å². The highest BCUT2D eigenvalue weighted by Crippen LogP contribution is 2.28. The molecule has 0 unspecified atom stereocenters. The Morgan fingerprint density at radius 2 is 2.03 bits per heavy atom. The molecule has 0 spiro atoms. The molecule has 1 amide bonds. The van der Waals surface area contributed by atoms with E-state index in [4.69, 9.17) is 4.42 Å². The van der Waals surface area contributed by atoms with Gasteiger partial charge in [0.1, 0.15) is 5.69 Å². The lowest BCUT2D eigenvalue weighted by Gasteiger charge is -2.12. The summed E-state index contributed by atoms with van der Waals surface area (Å²) < 4.78 is 9.01. The summed E-state index contributed by atoms with van der Waals surface area (Å²) in [5.41, 5.74) is 4.13. The number of benzene rings is 1. The van der Waals surface area contributed by atoms with Gasteiger partial charge < -0.3 is 9.73 Å². The molecule has 5 rings (SSSR count). The van der Waals surface area contributed by atoms with Crippen LogP contribution >= 0.6 is 0 Å². The Balaban J connectivity index is 1.56. The van der Waals surface area contributed by atoms with Crippen molar-refractivity contribution in [1.82, 2.24) is 24.5 Å². The first-order valence-electron chi connectivity index (χ1n) is 9.85. The molecular weight excluding hydrogens is 392 g/mol. The van der Waals surface area contributed by atoms with Crippen LogP contribution in [0.1, 0.15) is 21.6 Å². The molecule has 0 atom stereocenters. The van der Waals surface area contributed by atoms with Crippen molar-refractivity contribution >= 4 is 22.6 Å². The third-order valence-corrected chi connectivity index (χ3v) is 5.14. The van der Waals surface area contributed by atoms with Gasteiger partial charge in [0.05, 0.1) is 29.5 Å². The minimum Gasteiger partial charge on any atom is -0.463 e. The van der Waals surface area contributed by atoms with Crippen molar-refractivity contribution in [3.63, 3.8) is 0 Å². The predicted octanol–water partition coefficient (Wildman–Crippen LogP) is 4.03. The molecular formula is C23H20N6O2. The van der Waals surface area contributed by atoms with E-state index in [1.165, 1.54) is 0 Å². The van der Waals surface area contributed by atoms with Crippen LogP contribution in [-0.2, 0) is 13.6 Å². The van der Waals surface area contributed by atoms with E-state index in [1.807, 2.05) is 61.2 Å². The van der Waals surface area contributed by atoms with Crippen LogP contribution in [0.2, 0.25) is 0 Å². The highest BCUT2D eigenvalue weighted by Gasteiger charge is 2.20. The number of hydrogen-bond acceptors (Lipinski definition) is 5. The Labute approximate surface area is 178 Å². The van der Waals surface area contributed by atoms with E-state index in [0.717, 1.165) is 22.3 Å². The third kappa shape index (κ3) is 3.48. The summed E-state index contributed by atoms with van der Waals surface area (Å²) in [7, 11) is 1.81. The standard InChI is InChI=1S/C23H20N6O2/c1-15-21-17(13-19(20-9-5-12-31-20)25-22(21)28(2)27-15)23(30)26-18-8-4-3-7-16(18)14-29-11-6-10-24-29/h3-13H,14H2,1-2H3,(H,26,30). The Morgan fingerprint density at radius 1 is 1.16 bits per heavy atom. The largest absolute Gasteiger partial charge is 0.463 e. The van der Waals surface area contributed by atoms with Crippen molar-refractivity contribution in [1.29, 1.82) is 0 Å². The fourth-order valence-corrected chi connectivity index (χ4v) is 3.71. The molecule has 4 aromatic heterocycles. The van der Waals surface area contributed by atoms with Crippen molar-refractivity contribution in [3.05, 3.63) is 84.0 Å². The number of fused-ring (bicyclic) bond motifs is 1. The van der Waals surface area contributed by atoms with Crippen molar-refractivity contribution in [2.45, 2.75) is 13.5 Å². The van der Waals surface area contributed by atoms with Crippen LogP contribution < -0.4 is 5.32 Å². The summed E-state index contributed by atoms with van der Waals surface area (Å²) in [6.07, 6.45) is 5.21. The number of hydrogen-bond donors (Lipinski definition) is 1. The van der Waals surface area contributed by atoms with E-state index in [-0.39, 0.29) is 5.91 Å². The number of nitrogens with one attached hydrogen (secondary N) is 1. The molecule has 0 bridgehead atoms. The molecule has 8 nitrogen and oxygen atoms in total. The van der Waals surface area contributed by atoms with Crippen LogP contribution in [0.25, 0.3) is 22.5 Å². The van der Waals surface area contributed by atoms with Gasteiger partial charge in [0.25, 0.3) is 5.91 Å². The van der Waals surface area contributed by atoms with E-state index >= 15 is 0 Å². The zero-order valence-electron chi connectivity index (χ0n) is 17.1. The third-order valence-electron chi connectivity index (χ3n) is 5.14. The van der Waals surface area contributed by atoms with Crippen molar-refractivity contribution in [2.24, 2.45) is 7.05 Å². The van der Waals surface area contributed by atoms with Gasteiger partial charge in [0.2, 0.25) is 0 Å². The Hall–Kier alpha value is -4.20. The van der Waals surface area contributed by atoms with Gasteiger partial charge in [-0.15, -0.1) is 0 Å². The average molecular weight is 412 g/mol. The fourth-order valence-electron chi connectivity index (χ4n) is 3.71. The molecule has 0 aliphatic heterocycles. The van der Waals surface area contributed by atoms with Crippen LogP contribution in [0.3, 0.4) is 0 Å². The maximum Gasteiger partial charge on any atom is 0.256 e. The van der Waals surface area contributed by atoms with E-state index in [1.54, 1.807) is 29.3 Å². The number of aryl methyl sites for hydroxylation is 2. The molecule has 0 saturated carbocycles. The van der Waals surface area contributed by atoms with E-state index in [9.17, 15) is 4.79 Å². The van der Waals surface area contributed by atoms with E-state index < -0.39 is 0 Å². The summed E-state index contributed by atoms with van der Waals surface area (Å²) >= 11 is 0. The van der Waals surface area contributed by atoms with E-state index in [0.29, 0.717) is 29.2 Å². The Bertz CT molecular complexity index is 1370. The number of pyridine rings is 1. The van der Waals surface area contributed by atoms with Crippen molar-refractivity contribution in [2.75, 3.05) is 5.32 Å². The first-order chi connectivity index (χ1) is 15.1. The molecule has 154 valence electrons. The number of carbonyl (C=O) groups is 1. The van der Waals surface area contributed by atoms with Gasteiger partial charge in [-0.1, -0.05) is 18.2 Å². The predicted molar refractivity (Wildman–Crippen MR) is 117 cm³/mol. The second-order valence-corrected chi connectivity index (χ2v) is 7.25. The highest BCUT2D eigenvalue weighted by atomic mass is 16.3. The number of amides is 1. The van der Waals surface area contributed by atoms with Crippen LogP contribution in [0.15, 0.2) is 71.6 Å². The lowest BCUT2D eigenvalue weighted by Crippen LogP contribution is -2.15. The summed E-state index contributed by atoms with van der Waals surface area (Å²) in [6, 6.07) is 14.9. The Morgan fingerprint density at radius 3 is 2.81 bits per heavy atom. The molecule has 4 heterocycles. The number of para-hydroxylation sites is 1. The molecule has 0 aliphatic carbocycles. The molecule has 8 heteroatoms. The van der Waals surface area contributed by atoms with Gasteiger partial charge >= 0.3 is 0 Å². The molecule has 1 N–H and O–H groups in total. The monoisotopic (exact) mass is 412 g/mol. The van der Waals surface area contributed by atoms with E-state index in [2.05, 4.69) is 20.5 Å². The zero-order valence-corrected chi connectivity index (χ0v) is 17.1. The zero-order chi connectivity index (χ0) is 21.4. The molecule has 31 heavy (non-hydrogen) atoms. The summed E-state index contributed by atoms with van der Waals surface area (Å²) in [4.78, 5) is 18.1. The summed E-state index contributed by atoms with van der Waals surface area (Å²) in [6.45, 7) is 2.43. The molecule has 0 saturated heterocycles. The van der Waals surface area contributed by atoms with Gasteiger partial charge in [-0.3, -0.25) is 14.2 Å². The number of aromatic nitrogens is 5. The van der Waals surface area contributed by atoms with Gasteiger partial charge in [0.15, 0.2) is 11.4 Å². The minimum atomic E-state index is -0.232. The number of nitrogens with zero attached hydrogens (tertiary/aromatic N) is 5. The molecule has 0 radical (unpaired) electrons. The number of furan rings is 1. The van der Waals surface area contributed by atoms with Gasteiger partial charge in [-0.25, -0.2) is 4.98 Å². The van der Waals surface area contributed by atoms with Gasteiger partial charge in [-0.2, -0.15) is 10.2 Å².